The maximum Gasteiger partial charge on any atom is 0.222 e. The minimum Gasteiger partial charge on any atom is -0.350 e. The molecule has 1 aliphatic carbocycles. The van der Waals surface area contributed by atoms with Crippen molar-refractivity contribution in [2.45, 2.75) is 70.8 Å². The Labute approximate surface area is 128 Å². The van der Waals surface area contributed by atoms with Gasteiger partial charge in [0, 0.05) is 32.0 Å². The van der Waals surface area contributed by atoms with E-state index in [1.807, 2.05) is 4.90 Å². The lowest BCUT2D eigenvalue weighted by Gasteiger charge is -2.23. The van der Waals surface area contributed by atoms with E-state index in [0.29, 0.717) is 19.4 Å². The molecule has 0 radical (unpaired) electrons. The van der Waals surface area contributed by atoms with Crippen LogP contribution in [0, 0.1) is 0 Å². The topological polar surface area (TPSA) is 49.4 Å². The Balaban J connectivity index is 1.73. The first kappa shape index (κ1) is 16.1. The van der Waals surface area contributed by atoms with E-state index in [2.05, 4.69) is 18.3 Å². The van der Waals surface area contributed by atoms with Crippen molar-refractivity contribution in [2.24, 2.45) is 0 Å². The Hall–Kier alpha value is -1.32. The molecule has 0 bridgehead atoms. The standard InChI is InChI=1S/C17H28N2O2/c1-14(15-8-4-2-5-9-15)18-16(20)11-13-19-12-7-3-6-10-17(19)21/h8,14H,2-7,9-13H2,1H3,(H,18,20). The van der Waals surface area contributed by atoms with Crippen molar-refractivity contribution >= 4 is 11.8 Å². The largest absolute Gasteiger partial charge is 0.350 e. The predicted octanol–water partition coefficient (Wildman–Crippen LogP) is 2.78. The molecule has 0 saturated carbocycles. The summed E-state index contributed by atoms with van der Waals surface area (Å²) in [5.74, 6) is 0.273. The van der Waals surface area contributed by atoms with Gasteiger partial charge in [0.1, 0.15) is 0 Å². The van der Waals surface area contributed by atoms with Crippen molar-refractivity contribution in [3.8, 4) is 0 Å². The van der Waals surface area contributed by atoms with Gasteiger partial charge >= 0.3 is 0 Å². The van der Waals surface area contributed by atoms with Crippen LogP contribution in [0.25, 0.3) is 0 Å². The zero-order valence-corrected chi connectivity index (χ0v) is 13.2. The van der Waals surface area contributed by atoms with Crippen molar-refractivity contribution in [3.63, 3.8) is 0 Å². The first-order valence-corrected chi connectivity index (χ1v) is 8.43. The summed E-state index contributed by atoms with van der Waals surface area (Å²) >= 11 is 0. The van der Waals surface area contributed by atoms with Gasteiger partial charge in [-0.1, -0.05) is 18.1 Å². The molecule has 1 fully saturated rings. The third-order valence-electron chi connectivity index (χ3n) is 4.54. The monoisotopic (exact) mass is 292 g/mol. The van der Waals surface area contributed by atoms with E-state index in [4.69, 9.17) is 0 Å². The highest BCUT2D eigenvalue weighted by atomic mass is 16.2. The van der Waals surface area contributed by atoms with Crippen molar-refractivity contribution in [2.75, 3.05) is 13.1 Å². The highest BCUT2D eigenvalue weighted by Gasteiger charge is 2.18. The summed E-state index contributed by atoms with van der Waals surface area (Å²) in [4.78, 5) is 25.8. The van der Waals surface area contributed by atoms with Crippen LogP contribution in [-0.2, 0) is 9.59 Å². The average Bonchev–Trinajstić information content (AvgIpc) is 2.70. The Morgan fingerprint density at radius 3 is 2.81 bits per heavy atom. The summed E-state index contributed by atoms with van der Waals surface area (Å²) in [5.41, 5.74) is 1.36. The lowest BCUT2D eigenvalue weighted by molar-refractivity contribution is -0.131. The number of amides is 2. The third-order valence-corrected chi connectivity index (χ3v) is 4.54. The molecular formula is C17H28N2O2. The number of allylic oxidation sites excluding steroid dienone is 1. The summed E-state index contributed by atoms with van der Waals surface area (Å²) in [7, 11) is 0. The summed E-state index contributed by atoms with van der Waals surface area (Å²) < 4.78 is 0. The molecule has 118 valence electrons. The quantitative estimate of drug-likeness (QED) is 0.792. The minimum absolute atomic E-state index is 0.0611. The van der Waals surface area contributed by atoms with Crippen LogP contribution in [-0.4, -0.2) is 35.8 Å². The van der Waals surface area contributed by atoms with Gasteiger partial charge in [0.05, 0.1) is 0 Å². The van der Waals surface area contributed by atoms with E-state index in [-0.39, 0.29) is 17.9 Å². The van der Waals surface area contributed by atoms with Gasteiger partial charge < -0.3 is 10.2 Å². The summed E-state index contributed by atoms with van der Waals surface area (Å²) in [5, 5.41) is 3.07. The SMILES string of the molecule is CC(NC(=O)CCN1CCCCCC1=O)C1=CCCCC1. The zero-order chi connectivity index (χ0) is 15.1. The second-order valence-corrected chi connectivity index (χ2v) is 6.26. The lowest BCUT2D eigenvalue weighted by Crippen LogP contribution is -2.38. The van der Waals surface area contributed by atoms with Crippen LogP contribution in [0.2, 0.25) is 0 Å². The van der Waals surface area contributed by atoms with E-state index in [9.17, 15) is 9.59 Å². The maximum atomic E-state index is 12.1. The number of nitrogens with one attached hydrogen (secondary N) is 1. The van der Waals surface area contributed by atoms with Crippen molar-refractivity contribution in [1.29, 1.82) is 0 Å². The van der Waals surface area contributed by atoms with Gasteiger partial charge in [-0.25, -0.2) is 0 Å². The highest BCUT2D eigenvalue weighted by Crippen LogP contribution is 2.20. The van der Waals surface area contributed by atoms with Gasteiger partial charge in [-0.3, -0.25) is 9.59 Å². The number of likely N-dealkylation sites (tertiary alicyclic amines) is 1. The molecule has 1 unspecified atom stereocenters. The molecular weight excluding hydrogens is 264 g/mol. The molecule has 0 aromatic carbocycles. The van der Waals surface area contributed by atoms with Gasteiger partial charge in [0.2, 0.25) is 11.8 Å². The van der Waals surface area contributed by atoms with Crippen LogP contribution in [0.3, 0.4) is 0 Å². The van der Waals surface area contributed by atoms with Crippen LogP contribution in [0.5, 0.6) is 0 Å². The van der Waals surface area contributed by atoms with Gasteiger partial charge in [-0.2, -0.15) is 0 Å². The van der Waals surface area contributed by atoms with Gasteiger partial charge in [0.15, 0.2) is 0 Å². The molecule has 4 heteroatoms. The van der Waals surface area contributed by atoms with Crippen LogP contribution >= 0.6 is 0 Å². The Bertz CT molecular complexity index is 404. The van der Waals surface area contributed by atoms with Crippen molar-refractivity contribution in [1.82, 2.24) is 10.2 Å². The van der Waals surface area contributed by atoms with Gasteiger partial charge in [-0.15, -0.1) is 0 Å². The number of carbonyl (C=O) groups is 2. The first-order valence-electron chi connectivity index (χ1n) is 8.43. The average molecular weight is 292 g/mol. The fourth-order valence-corrected chi connectivity index (χ4v) is 3.17. The molecule has 2 amide bonds. The smallest absolute Gasteiger partial charge is 0.222 e. The molecule has 0 aromatic rings. The van der Waals surface area contributed by atoms with Crippen molar-refractivity contribution < 1.29 is 9.59 Å². The van der Waals surface area contributed by atoms with Crippen LogP contribution in [0.4, 0.5) is 0 Å². The summed E-state index contributed by atoms with van der Waals surface area (Å²) in [6.45, 7) is 3.44. The predicted molar refractivity (Wildman–Crippen MR) is 83.8 cm³/mol. The summed E-state index contributed by atoms with van der Waals surface area (Å²) in [6.07, 6.45) is 11.3. The number of hydrogen-bond acceptors (Lipinski definition) is 2. The van der Waals surface area contributed by atoms with Crippen LogP contribution in [0.1, 0.15) is 64.7 Å². The zero-order valence-electron chi connectivity index (χ0n) is 13.2. The second kappa shape index (κ2) is 8.20. The molecule has 2 aliphatic rings. The Kier molecular flexibility index (Phi) is 6.27. The maximum absolute atomic E-state index is 12.1. The fraction of sp³-hybridized carbons (Fsp3) is 0.765. The second-order valence-electron chi connectivity index (χ2n) is 6.26. The molecule has 21 heavy (non-hydrogen) atoms. The van der Waals surface area contributed by atoms with Gasteiger partial charge in [0.25, 0.3) is 0 Å². The first-order chi connectivity index (χ1) is 10.2. The summed E-state index contributed by atoms with van der Waals surface area (Å²) in [6, 6.07) is 0.137. The van der Waals surface area contributed by atoms with E-state index in [1.165, 1.54) is 18.4 Å². The number of rotatable bonds is 5. The molecule has 1 atom stereocenters. The molecule has 2 rings (SSSR count). The number of carbonyl (C=O) groups excluding carboxylic acids is 2. The van der Waals surface area contributed by atoms with E-state index in [1.54, 1.807) is 0 Å². The fourth-order valence-electron chi connectivity index (χ4n) is 3.17. The van der Waals surface area contributed by atoms with E-state index in [0.717, 1.165) is 38.6 Å². The Morgan fingerprint density at radius 2 is 2.05 bits per heavy atom. The molecule has 1 N–H and O–H groups in total. The van der Waals surface area contributed by atoms with E-state index < -0.39 is 0 Å². The number of nitrogens with zero attached hydrogens (tertiary/aromatic N) is 1. The van der Waals surface area contributed by atoms with Gasteiger partial charge in [-0.05, 0) is 45.4 Å². The van der Waals surface area contributed by atoms with Crippen molar-refractivity contribution in [3.05, 3.63) is 11.6 Å². The molecule has 0 aromatic heterocycles. The minimum atomic E-state index is 0.0611. The number of hydrogen-bond donors (Lipinski definition) is 1. The lowest BCUT2D eigenvalue weighted by atomic mass is 9.95. The third kappa shape index (κ3) is 5.18. The molecule has 4 nitrogen and oxygen atoms in total. The van der Waals surface area contributed by atoms with Crippen LogP contribution < -0.4 is 5.32 Å². The van der Waals surface area contributed by atoms with E-state index >= 15 is 0 Å². The highest BCUT2D eigenvalue weighted by molar-refractivity contribution is 5.79. The Morgan fingerprint density at radius 1 is 1.24 bits per heavy atom. The van der Waals surface area contributed by atoms with Crippen LogP contribution in [0.15, 0.2) is 11.6 Å². The molecule has 1 heterocycles. The molecule has 0 spiro atoms. The molecule has 1 saturated heterocycles. The molecule has 1 aliphatic heterocycles. The normalized spacial score (nSPS) is 21.5.